The lowest BCUT2D eigenvalue weighted by Crippen LogP contribution is -1.70. The van der Waals surface area contributed by atoms with Crippen molar-refractivity contribution in [2.75, 3.05) is 0 Å². The van der Waals surface area contributed by atoms with Crippen LogP contribution in [0.4, 0.5) is 0 Å². The van der Waals surface area contributed by atoms with Gasteiger partial charge in [-0.25, -0.2) is 0 Å². The summed E-state index contributed by atoms with van der Waals surface area (Å²) in [7, 11) is 0. The van der Waals surface area contributed by atoms with Crippen LogP contribution in [0.2, 0.25) is 0 Å². The van der Waals surface area contributed by atoms with Gasteiger partial charge in [0.25, 0.3) is 0 Å². The van der Waals surface area contributed by atoms with Gasteiger partial charge in [-0.05, 0) is 18.1 Å². The van der Waals surface area contributed by atoms with E-state index in [0.29, 0.717) is 0 Å². The number of hydrogen-bond donors (Lipinski definition) is 0. The van der Waals surface area contributed by atoms with Crippen LogP contribution in [0.3, 0.4) is 0 Å². The van der Waals surface area contributed by atoms with Gasteiger partial charge in [-0.3, -0.25) is 0 Å². The number of nitrogens with zero attached hydrogens (tertiary/aromatic N) is 1. The molecule has 0 amide bonds. The third-order valence-electron chi connectivity index (χ3n) is 1.63. The molecule has 0 aliphatic heterocycles. The first-order chi connectivity index (χ1) is 6.33. The molecular formula is C12H11N. The van der Waals surface area contributed by atoms with Crippen molar-refractivity contribution in [3.8, 4) is 6.07 Å². The lowest BCUT2D eigenvalue weighted by atomic mass is 10.2. The fourth-order valence-electron chi connectivity index (χ4n) is 0.942. The van der Waals surface area contributed by atoms with Crippen LogP contribution in [-0.2, 0) is 0 Å². The molecule has 64 valence electrons. The van der Waals surface area contributed by atoms with Crippen LogP contribution in [0.15, 0.2) is 48.1 Å². The van der Waals surface area contributed by atoms with Crippen molar-refractivity contribution in [3.63, 3.8) is 0 Å². The maximum Gasteiger partial charge on any atom is 0.0914 e. The molecule has 0 N–H and O–H groups in total. The first-order valence-corrected chi connectivity index (χ1v) is 4.12. The Morgan fingerprint density at radius 3 is 2.62 bits per heavy atom. The van der Waals surface area contributed by atoms with Crippen LogP contribution in [0.25, 0.3) is 6.08 Å². The SMILES string of the molecule is CC(C=Cc1ccccc1)=CC#N. The Morgan fingerprint density at radius 2 is 2.00 bits per heavy atom. The number of nitriles is 1. The summed E-state index contributed by atoms with van der Waals surface area (Å²) in [4.78, 5) is 0. The molecule has 0 aliphatic rings. The Bertz CT molecular complexity index is 352. The quantitative estimate of drug-likeness (QED) is 0.492. The third kappa shape index (κ3) is 3.39. The highest BCUT2D eigenvalue weighted by Gasteiger charge is 1.83. The Balaban J connectivity index is 2.71. The molecule has 0 bridgehead atoms. The molecule has 0 fully saturated rings. The zero-order valence-electron chi connectivity index (χ0n) is 7.57. The van der Waals surface area contributed by atoms with Crippen molar-refractivity contribution in [3.05, 3.63) is 53.6 Å². The average Bonchev–Trinajstić information content (AvgIpc) is 2.17. The first kappa shape index (κ1) is 9.28. The standard InChI is InChI=1S/C12H11N/c1-11(9-10-13)7-8-12-5-3-2-4-6-12/h2-9H,1H3. The fraction of sp³-hybridized carbons (Fsp3) is 0.0833. The summed E-state index contributed by atoms with van der Waals surface area (Å²) in [6.45, 7) is 1.91. The van der Waals surface area contributed by atoms with Gasteiger partial charge in [-0.15, -0.1) is 0 Å². The van der Waals surface area contributed by atoms with Crippen LogP contribution >= 0.6 is 0 Å². The van der Waals surface area contributed by atoms with Crippen molar-refractivity contribution >= 4 is 6.08 Å². The van der Waals surface area contributed by atoms with E-state index in [-0.39, 0.29) is 0 Å². The number of allylic oxidation sites excluding steroid dienone is 3. The van der Waals surface area contributed by atoms with Gasteiger partial charge in [0, 0.05) is 6.08 Å². The van der Waals surface area contributed by atoms with E-state index in [4.69, 9.17) is 5.26 Å². The van der Waals surface area contributed by atoms with Gasteiger partial charge < -0.3 is 0 Å². The van der Waals surface area contributed by atoms with Gasteiger partial charge in [-0.1, -0.05) is 42.5 Å². The molecule has 0 saturated carbocycles. The highest BCUT2D eigenvalue weighted by molar-refractivity contribution is 5.52. The van der Waals surface area contributed by atoms with Gasteiger partial charge in [0.05, 0.1) is 6.07 Å². The minimum atomic E-state index is 0.964. The maximum absolute atomic E-state index is 8.37. The monoisotopic (exact) mass is 169 g/mol. The van der Waals surface area contributed by atoms with Crippen molar-refractivity contribution < 1.29 is 0 Å². The maximum atomic E-state index is 8.37. The minimum absolute atomic E-state index is 0.964. The van der Waals surface area contributed by atoms with Gasteiger partial charge in [-0.2, -0.15) is 5.26 Å². The van der Waals surface area contributed by atoms with Crippen LogP contribution in [0, 0.1) is 11.3 Å². The molecule has 0 aromatic heterocycles. The van der Waals surface area contributed by atoms with E-state index in [2.05, 4.69) is 0 Å². The third-order valence-corrected chi connectivity index (χ3v) is 1.63. The lowest BCUT2D eigenvalue weighted by Gasteiger charge is -1.90. The Labute approximate surface area is 78.6 Å². The van der Waals surface area contributed by atoms with Crippen LogP contribution in [0.5, 0.6) is 0 Å². The lowest BCUT2D eigenvalue weighted by molar-refractivity contribution is 1.49. The minimum Gasteiger partial charge on any atom is -0.193 e. The molecular weight excluding hydrogens is 158 g/mol. The molecule has 0 radical (unpaired) electrons. The van der Waals surface area contributed by atoms with E-state index in [1.54, 1.807) is 0 Å². The Morgan fingerprint density at radius 1 is 1.31 bits per heavy atom. The number of hydrogen-bond acceptors (Lipinski definition) is 1. The fourth-order valence-corrected chi connectivity index (χ4v) is 0.942. The molecule has 0 spiro atoms. The molecule has 0 heterocycles. The highest BCUT2D eigenvalue weighted by atomic mass is 14.2. The van der Waals surface area contributed by atoms with E-state index >= 15 is 0 Å². The van der Waals surface area contributed by atoms with Crippen molar-refractivity contribution in [2.24, 2.45) is 0 Å². The summed E-state index contributed by atoms with van der Waals surface area (Å²) in [5.41, 5.74) is 2.11. The molecule has 1 aromatic carbocycles. The molecule has 0 unspecified atom stereocenters. The van der Waals surface area contributed by atoms with Crippen molar-refractivity contribution in [1.29, 1.82) is 5.26 Å². The molecule has 1 rings (SSSR count). The van der Waals surface area contributed by atoms with Gasteiger partial charge >= 0.3 is 0 Å². The second-order valence-corrected chi connectivity index (χ2v) is 2.76. The number of benzene rings is 1. The second kappa shape index (κ2) is 4.95. The molecule has 13 heavy (non-hydrogen) atoms. The molecule has 0 atom stereocenters. The molecule has 1 heteroatoms. The highest BCUT2D eigenvalue weighted by Crippen LogP contribution is 2.03. The predicted octanol–water partition coefficient (Wildman–Crippen LogP) is 3.17. The summed E-state index contributed by atoms with van der Waals surface area (Å²) in [6.07, 6.45) is 5.45. The van der Waals surface area contributed by atoms with Gasteiger partial charge in [0.2, 0.25) is 0 Å². The van der Waals surface area contributed by atoms with Crippen LogP contribution in [0.1, 0.15) is 12.5 Å². The zero-order chi connectivity index (χ0) is 9.52. The van der Waals surface area contributed by atoms with E-state index in [1.807, 2.05) is 55.5 Å². The molecule has 0 aliphatic carbocycles. The Hall–Kier alpha value is -1.81. The predicted molar refractivity (Wildman–Crippen MR) is 54.8 cm³/mol. The summed E-state index contributed by atoms with van der Waals surface area (Å²) in [5, 5.41) is 8.37. The average molecular weight is 169 g/mol. The smallest absolute Gasteiger partial charge is 0.0914 e. The van der Waals surface area contributed by atoms with Gasteiger partial charge in [0.1, 0.15) is 0 Å². The van der Waals surface area contributed by atoms with Crippen molar-refractivity contribution in [2.45, 2.75) is 6.92 Å². The van der Waals surface area contributed by atoms with Crippen LogP contribution in [-0.4, -0.2) is 0 Å². The largest absolute Gasteiger partial charge is 0.193 e. The molecule has 1 nitrogen and oxygen atoms in total. The normalized spacial score (nSPS) is 11.5. The first-order valence-electron chi connectivity index (χ1n) is 4.12. The summed E-state index contributed by atoms with van der Waals surface area (Å²) >= 11 is 0. The van der Waals surface area contributed by atoms with E-state index in [0.717, 1.165) is 11.1 Å². The van der Waals surface area contributed by atoms with E-state index in [9.17, 15) is 0 Å². The summed E-state index contributed by atoms with van der Waals surface area (Å²) < 4.78 is 0. The molecule has 0 saturated heterocycles. The van der Waals surface area contributed by atoms with Crippen LogP contribution < -0.4 is 0 Å². The number of rotatable bonds is 2. The van der Waals surface area contributed by atoms with Gasteiger partial charge in [0.15, 0.2) is 0 Å². The summed E-state index contributed by atoms with van der Waals surface area (Å²) in [6, 6.07) is 12.0. The van der Waals surface area contributed by atoms with Crippen molar-refractivity contribution in [1.82, 2.24) is 0 Å². The van der Waals surface area contributed by atoms with E-state index < -0.39 is 0 Å². The Kier molecular flexibility index (Phi) is 3.53. The van der Waals surface area contributed by atoms with E-state index in [1.165, 1.54) is 6.08 Å². The zero-order valence-corrected chi connectivity index (χ0v) is 7.57. The topological polar surface area (TPSA) is 23.8 Å². The molecule has 1 aromatic rings. The second-order valence-electron chi connectivity index (χ2n) is 2.76. The summed E-state index contributed by atoms with van der Waals surface area (Å²) in [5.74, 6) is 0.